The molecule has 2 heteroatoms. The Labute approximate surface area is 106 Å². The van der Waals surface area contributed by atoms with Gasteiger partial charge in [0.05, 0.1) is 0 Å². The summed E-state index contributed by atoms with van der Waals surface area (Å²) in [6.45, 7) is 9.98. The van der Waals surface area contributed by atoms with Crippen LogP contribution in [0, 0.1) is 17.3 Å². The lowest BCUT2D eigenvalue weighted by Gasteiger charge is -2.59. The Morgan fingerprint density at radius 2 is 2.00 bits per heavy atom. The SMILES string of the molecule is C=C1CB(N(C)C)CC2=C1C[C@H]1C[C@@H]2C1(C)C. The molecule has 4 rings (SSSR count). The summed E-state index contributed by atoms with van der Waals surface area (Å²) in [6, 6.07) is 0. The van der Waals surface area contributed by atoms with E-state index in [1.54, 1.807) is 11.1 Å². The maximum absolute atomic E-state index is 4.35. The summed E-state index contributed by atoms with van der Waals surface area (Å²) in [4.78, 5) is 2.38. The molecule has 0 N–H and O–H groups in total. The third-order valence-electron chi connectivity index (χ3n) is 5.82. The van der Waals surface area contributed by atoms with Gasteiger partial charge in [-0.05, 0) is 62.4 Å². The molecule has 0 aromatic carbocycles. The number of hydrogen-bond donors (Lipinski definition) is 0. The Morgan fingerprint density at radius 1 is 1.29 bits per heavy atom. The predicted octanol–water partition coefficient (Wildman–Crippen LogP) is 3.47. The van der Waals surface area contributed by atoms with Crippen LogP contribution >= 0.6 is 0 Å². The van der Waals surface area contributed by atoms with Crippen LogP contribution in [0.5, 0.6) is 0 Å². The van der Waals surface area contributed by atoms with Gasteiger partial charge in [0.1, 0.15) is 0 Å². The smallest absolute Gasteiger partial charge is 0.231 e. The van der Waals surface area contributed by atoms with Crippen LogP contribution in [0.25, 0.3) is 0 Å². The van der Waals surface area contributed by atoms with E-state index in [-0.39, 0.29) is 0 Å². The summed E-state index contributed by atoms with van der Waals surface area (Å²) in [6.07, 6.45) is 5.24. The third kappa shape index (κ3) is 1.49. The lowest BCUT2D eigenvalue weighted by Crippen LogP contribution is -2.52. The zero-order valence-corrected chi connectivity index (χ0v) is 11.7. The van der Waals surface area contributed by atoms with E-state index >= 15 is 0 Å². The number of rotatable bonds is 1. The van der Waals surface area contributed by atoms with E-state index in [1.165, 1.54) is 31.1 Å². The van der Waals surface area contributed by atoms with Gasteiger partial charge in [-0.3, -0.25) is 0 Å². The molecule has 0 amide bonds. The lowest BCUT2D eigenvalue weighted by atomic mass is 9.38. The van der Waals surface area contributed by atoms with Gasteiger partial charge in [-0.15, -0.1) is 0 Å². The van der Waals surface area contributed by atoms with E-state index in [1.807, 2.05) is 0 Å². The average Bonchev–Trinajstić information content (AvgIpc) is 2.27. The molecule has 2 bridgehead atoms. The summed E-state index contributed by atoms with van der Waals surface area (Å²) in [5.74, 6) is 1.79. The number of hydrogen-bond acceptors (Lipinski definition) is 1. The molecule has 0 spiro atoms. The molecule has 3 aliphatic carbocycles. The van der Waals surface area contributed by atoms with E-state index in [0.29, 0.717) is 12.3 Å². The van der Waals surface area contributed by atoms with Crippen molar-refractivity contribution >= 4 is 6.85 Å². The Balaban J connectivity index is 1.94. The Kier molecular flexibility index (Phi) is 2.39. The second kappa shape index (κ2) is 3.51. The van der Waals surface area contributed by atoms with Gasteiger partial charge in [0.15, 0.2) is 0 Å². The standard InChI is InChI=1S/C15H24BN/c1-10-8-16(17(4)5)9-13-12(10)6-11-7-14(13)15(11,2)3/h11,14H,1,6-9H2,2-5H3/t11-,14-/m0/s1. The minimum atomic E-state index is 0.563. The lowest BCUT2D eigenvalue weighted by molar-refractivity contribution is -0.00971. The van der Waals surface area contributed by atoms with E-state index in [4.69, 9.17) is 0 Å². The van der Waals surface area contributed by atoms with E-state index in [2.05, 4.69) is 39.3 Å². The van der Waals surface area contributed by atoms with Crippen LogP contribution in [-0.2, 0) is 0 Å². The Bertz CT molecular complexity index is 405. The van der Waals surface area contributed by atoms with Crippen LogP contribution in [0.3, 0.4) is 0 Å². The Hall–Kier alpha value is -0.495. The first-order chi connectivity index (χ1) is 7.91. The first kappa shape index (κ1) is 11.6. The summed E-state index contributed by atoms with van der Waals surface area (Å²) in [5.41, 5.74) is 5.44. The van der Waals surface area contributed by atoms with Gasteiger partial charge >= 0.3 is 0 Å². The molecule has 0 aromatic rings. The van der Waals surface area contributed by atoms with Crippen molar-refractivity contribution < 1.29 is 0 Å². The van der Waals surface area contributed by atoms with E-state index in [0.717, 1.165) is 11.8 Å². The monoisotopic (exact) mass is 229 g/mol. The van der Waals surface area contributed by atoms with E-state index < -0.39 is 0 Å². The van der Waals surface area contributed by atoms with Gasteiger partial charge < -0.3 is 4.81 Å². The predicted molar refractivity (Wildman–Crippen MR) is 75.2 cm³/mol. The summed E-state index contributed by atoms with van der Waals surface area (Å²) in [5, 5.41) is 0. The molecule has 1 fully saturated rings. The average molecular weight is 229 g/mol. The topological polar surface area (TPSA) is 3.24 Å². The fourth-order valence-corrected chi connectivity index (χ4v) is 4.28. The molecule has 4 aliphatic rings. The second-order valence-electron chi connectivity index (χ2n) is 7.14. The van der Waals surface area contributed by atoms with Crippen LogP contribution in [0.2, 0.25) is 12.6 Å². The molecule has 92 valence electrons. The molecule has 17 heavy (non-hydrogen) atoms. The van der Waals surface area contributed by atoms with Crippen molar-refractivity contribution in [3.8, 4) is 0 Å². The highest BCUT2D eigenvalue weighted by Crippen LogP contribution is 2.63. The highest BCUT2D eigenvalue weighted by atomic mass is 15.0. The molecule has 0 unspecified atom stereocenters. The highest BCUT2D eigenvalue weighted by Gasteiger charge is 2.54. The fourth-order valence-electron chi connectivity index (χ4n) is 4.28. The molecule has 1 aliphatic heterocycles. The van der Waals surface area contributed by atoms with Crippen molar-refractivity contribution in [2.45, 2.75) is 39.3 Å². The first-order valence-corrected chi connectivity index (χ1v) is 6.97. The molecule has 1 heterocycles. The van der Waals surface area contributed by atoms with E-state index in [9.17, 15) is 0 Å². The minimum Gasteiger partial charge on any atom is -0.347 e. The maximum Gasteiger partial charge on any atom is 0.231 e. The third-order valence-corrected chi connectivity index (χ3v) is 5.82. The van der Waals surface area contributed by atoms with Crippen molar-refractivity contribution in [3.63, 3.8) is 0 Å². The zero-order valence-electron chi connectivity index (χ0n) is 11.7. The van der Waals surface area contributed by atoms with Gasteiger partial charge in [-0.25, -0.2) is 0 Å². The molecule has 1 saturated carbocycles. The minimum absolute atomic E-state index is 0.563. The van der Waals surface area contributed by atoms with Crippen LogP contribution in [0.15, 0.2) is 23.3 Å². The van der Waals surface area contributed by atoms with Crippen molar-refractivity contribution in [3.05, 3.63) is 23.3 Å². The highest BCUT2D eigenvalue weighted by molar-refractivity contribution is 6.57. The van der Waals surface area contributed by atoms with Crippen LogP contribution in [-0.4, -0.2) is 25.8 Å². The first-order valence-electron chi connectivity index (χ1n) is 6.97. The maximum atomic E-state index is 4.35. The second-order valence-corrected chi connectivity index (χ2v) is 7.14. The van der Waals surface area contributed by atoms with Gasteiger partial charge in [0.25, 0.3) is 0 Å². The molecular weight excluding hydrogens is 205 g/mol. The molecule has 2 atom stereocenters. The van der Waals surface area contributed by atoms with Crippen LogP contribution in [0.4, 0.5) is 0 Å². The van der Waals surface area contributed by atoms with Crippen LogP contribution < -0.4 is 0 Å². The Morgan fingerprint density at radius 3 is 2.59 bits per heavy atom. The number of nitrogens with zero attached hydrogens (tertiary/aromatic N) is 1. The molecule has 1 nitrogen and oxygen atoms in total. The van der Waals surface area contributed by atoms with Crippen molar-refractivity contribution in [1.82, 2.24) is 4.81 Å². The number of allylic oxidation sites excluding steroid dienone is 3. The van der Waals surface area contributed by atoms with Gasteiger partial charge in [0.2, 0.25) is 6.85 Å². The summed E-state index contributed by atoms with van der Waals surface area (Å²) in [7, 11) is 4.42. The fraction of sp³-hybridized carbons (Fsp3) is 0.733. The molecule has 0 aromatic heterocycles. The molecule has 0 saturated heterocycles. The zero-order chi connectivity index (χ0) is 12.4. The largest absolute Gasteiger partial charge is 0.347 e. The summed E-state index contributed by atoms with van der Waals surface area (Å²) < 4.78 is 0. The van der Waals surface area contributed by atoms with Crippen molar-refractivity contribution in [1.29, 1.82) is 0 Å². The van der Waals surface area contributed by atoms with Crippen molar-refractivity contribution in [2.75, 3.05) is 14.1 Å². The molecular formula is C15H24BN. The van der Waals surface area contributed by atoms with Crippen molar-refractivity contribution in [2.24, 2.45) is 17.3 Å². The van der Waals surface area contributed by atoms with Gasteiger partial charge in [0, 0.05) is 0 Å². The van der Waals surface area contributed by atoms with Crippen LogP contribution in [0.1, 0.15) is 26.7 Å². The van der Waals surface area contributed by atoms with Gasteiger partial charge in [-0.2, -0.15) is 0 Å². The quantitative estimate of drug-likeness (QED) is 0.622. The summed E-state index contributed by atoms with van der Waals surface area (Å²) >= 11 is 0. The normalized spacial score (nSPS) is 34.9. The van der Waals surface area contributed by atoms with Gasteiger partial charge in [-0.1, -0.05) is 31.6 Å². The molecule has 0 radical (unpaired) electrons.